The fraction of sp³-hybridized carbons (Fsp3) is 0.278. The highest BCUT2D eigenvalue weighted by Gasteiger charge is 2.05. The van der Waals surface area contributed by atoms with Gasteiger partial charge in [-0.15, -0.1) is 0 Å². The molecule has 3 nitrogen and oxygen atoms in total. The molecule has 0 unspecified atom stereocenters. The zero-order valence-corrected chi connectivity index (χ0v) is 13.2. The minimum absolute atomic E-state index is 0.780. The van der Waals surface area contributed by atoms with Crippen molar-refractivity contribution in [3.63, 3.8) is 0 Å². The number of aryl methyl sites for hydroxylation is 3. The summed E-state index contributed by atoms with van der Waals surface area (Å²) in [6, 6.07) is 9.96. The number of hydrogen-bond acceptors (Lipinski definition) is 3. The third-order valence-electron chi connectivity index (χ3n) is 3.41. The molecule has 0 atom stereocenters. The molecule has 0 aromatic heterocycles. The summed E-state index contributed by atoms with van der Waals surface area (Å²) in [7, 11) is 3.30. The van der Waals surface area contributed by atoms with Crippen LogP contribution in [-0.2, 0) is 0 Å². The molecule has 2 rings (SSSR count). The van der Waals surface area contributed by atoms with Gasteiger partial charge in [-0.1, -0.05) is 17.7 Å². The Labute approximate surface area is 126 Å². The Kier molecular flexibility index (Phi) is 4.63. The molecular formula is C18H21NO2. The normalized spacial score (nSPS) is 10.9. The van der Waals surface area contributed by atoms with E-state index in [-0.39, 0.29) is 0 Å². The molecule has 2 aromatic rings. The largest absolute Gasteiger partial charge is 0.497 e. The van der Waals surface area contributed by atoms with Gasteiger partial charge in [0.05, 0.1) is 19.9 Å². The molecule has 21 heavy (non-hydrogen) atoms. The maximum Gasteiger partial charge on any atom is 0.127 e. The van der Waals surface area contributed by atoms with Gasteiger partial charge in [0, 0.05) is 11.8 Å². The lowest BCUT2D eigenvalue weighted by Gasteiger charge is -2.09. The molecule has 0 spiro atoms. The highest BCUT2D eigenvalue weighted by Crippen LogP contribution is 2.27. The lowest BCUT2D eigenvalue weighted by Crippen LogP contribution is -1.93. The molecular weight excluding hydrogens is 262 g/mol. The molecule has 0 radical (unpaired) electrons. The minimum Gasteiger partial charge on any atom is -0.497 e. The SMILES string of the molecule is COc1ccc(OC)c(/C=N/c2c(C)cc(C)cc2C)c1. The van der Waals surface area contributed by atoms with Crippen LogP contribution in [0.1, 0.15) is 22.3 Å². The van der Waals surface area contributed by atoms with Crippen molar-refractivity contribution in [2.75, 3.05) is 14.2 Å². The van der Waals surface area contributed by atoms with E-state index in [0.717, 1.165) is 22.7 Å². The first-order valence-electron chi connectivity index (χ1n) is 6.89. The second-order valence-electron chi connectivity index (χ2n) is 5.11. The van der Waals surface area contributed by atoms with E-state index in [1.54, 1.807) is 14.2 Å². The first kappa shape index (κ1) is 15.1. The maximum atomic E-state index is 5.37. The van der Waals surface area contributed by atoms with Gasteiger partial charge in [0.25, 0.3) is 0 Å². The third kappa shape index (κ3) is 3.43. The van der Waals surface area contributed by atoms with Crippen molar-refractivity contribution in [2.45, 2.75) is 20.8 Å². The van der Waals surface area contributed by atoms with Crippen molar-refractivity contribution in [1.82, 2.24) is 0 Å². The Morgan fingerprint density at radius 1 is 0.905 bits per heavy atom. The summed E-state index contributed by atoms with van der Waals surface area (Å²) in [5, 5.41) is 0. The molecule has 0 saturated carbocycles. The number of rotatable bonds is 4. The van der Waals surface area contributed by atoms with Gasteiger partial charge >= 0.3 is 0 Å². The van der Waals surface area contributed by atoms with Gasteiger partial charge in [-0.25, -0.2) is 0 Å². The highest BCUT2D eigenvalue weighted by atomic mass is 16.5. The van der Waals surface area contributed by atoms with Crippen molar-refractivity contribution in [2.24, 2.45) is 4.99 Å². The smallest absolute Gasteiger partial charge is 0.127 e. The van der Waals surface area contributed by atoms with Crippen molar-refractivity contribution in [3.05, 3.63) is 52.6 Å². The second kappa shape index (κ2) is 6.44. The van der Waals surface area contributed by atoms with Gasteiger partial charge in [-0.3, -0.25) is 4.99 Å². The summed E-state index contributed by atoms with van der Waals surface area (Å²) < 4.78 is 10.6. The van der Waals surface area contributed by atoms with E-state index in [4.69, 9.17) is 9.47 Å². The van der Waals surface area contributed by atoms with Gasteiger partial charge in [0.1, 0.15) is 11.5 Å². The second-order valence-corrected chi connectivity index (χ2v) is 5.11. The van der Waals surface area contributed by atoms with Crippen LogP contribution in [0, 0.1) is 20.8 Å². The van der Waals surface area contributed by atoms with Gasteiger partial charge in [0.2, 0.25) is 0 Å². The van der Waals surface area contributed by atoms with Crippen LogP contribution in [-0.4, -0.2) is 20.4 Å². The predicted molar refractivity (Wildman–Crippen MR) is 87.5 cm³/mol. The third-order valence-corrected chi connectivity index (χ3v) is 3.41. The summed E-state index contributed by atoms with van der Waals surface area (Å²) in [6.07, 6.45) is 1.83. The fourth-order valence-electron chi connectivity index (χ4n) is 2.45. The van der Waals surface area contributed by atoms with Crippen molar-refractivity contribution < 1.29 is 9.47 Å². The molecule has 0 saturated heterocycles. The molecule has 0 aliphatic rings. The molecule has 0 bridgehead atoms. The number of hydrogen-bond donors (Lipinski definition) is 0. The lowest BCUT2D eigenvalue weighted by molar-refractivity contribution is 0.402. The highest BCUT2D eigenvalue weighted by molar-refractivity contribution is 5.86. The molecule has 0 N–H and O–H groups in total. The lowest BCUT2D eigenvalue weighted by atomic mass is 10.1. The zero-order chi connectivity index (χ0) is 15.4. The Morgan fingerprint density at radius 3 is 2.14 bits per heavy atom. The van der Waals surface area contributed by atoms with Crippen LogP contribution in [0.15, 0.2) is 35.3 Å². The van der Waals surface area contributed by atoms with Crippen molar-refractivity contribution in [3.8, 4) is 11.5 Å². The molecule has 0 amide bonds. The van der Waals surface area contributed by atoms with E-state index < -0.39 is 0 Å². The maximum absolute atomic E-state index is 5.37. The van der Waals surface area contributed by atoms with Crippen LogP contribution in [0.5, 0.6) is 11.5 Å². The number of ether oxygens (including phenoxy) is 2. The van der Waals surface area contributed by atoms with E-state index >= 15 is 0 Å². The molecule has 3 heteroatoms. The van der Waals surface area contributed by atoms with E-state index in [1.165, 1.54) is 16.7 Å². The summed E-state index contributed by atoms with van der Waals surface area (Å²) >= 11 is 0. The van der Waals surface area contributed by atoms with Gasteiger partial charge < -0.3 is 9.47 Å². The van der Waals surface area contributed by atoms with Crippen LogP contribution in [0.25, 0.3) is 0 Å². The first-order valence-corrected chi connectivity index (χ1v) is 6.89. The van der Waals surface area contributed by atoms with Crippen molar-refractivity contribution >= 4 is 11.9 Å². The zero-order valence-electron chi connectivity index (χ0n) is 13.2. The van der Waals surface area contributed by atoms with Gasteiger partial charge in [-0.05, 0) is 50.1 Å². The van der Waals surface area contributed by atoms with Crippen LogP contribution < -0.4 is 9.47 Å². The summed E-state index contributed by atoms with van der Waals surface area (Å²) in [5.41, 5.74) is 5.50. The quantitative estimate of drug-likeness (QED) is 0.780. The summed E-state index contributed by atoms with van der Waals surface area (Å²) in [6.45, 7) is 6.25. The fourth-order valence-corrected chi connectivity index (χ4v) is 2.45. The Bertz CT molecular complexity index is 652. The number of benzene rings is 2. The standard InChI is InChI=1S/C18H21NO2/c1-12-8-13(2)18(14(3)9-12)19-11-15-10-16(20-4)6-7-17(15)21-5/h6-11H,1-5H3/b19-11+. The Balaban J connectivity index is 2.42. The summed E-state index contributed by atoms with van der Waals surface area (Å²) in [5.74, 6) is 1.57. The molecule has 0 fully saturated rings. The van der Waals surface area contributed by atoms with E-state index in [0.29, 0.717) is 0 Å². The Morgan fingerprint density at radius 2 is 1.57 bits per heavy atom. The average Bonchev–Trinajstić information content (AvgIpc) is 2.45. The molecule has 0 heterocycles. The molecule has 2 aromatic carbocycles. The van der Waals surface area contributed by atoms with Crippen LogP contribution in [0.2, 0.25) is 0 Å². The van der Waals surface area contributed by atoms with Crippen LogP contribution >= 0.6 is 0 Å². The van der Waals surface area contributed by atoms with Crippen LogP contribution in [0.4, 0.5) is 5.69 Å². The van der Waals surface area contributed by atoms with E-state index in [1.807, 2.05) is 24.4 Å². The number of aliphatic imine (C=N–C) groups is 1. The number of methoxy groups -OCH3 is 2. The molecule has 0 aliphatic heterocycles. The monoisotopic (exact) mass is 283 g/mol. The predicted octanol–water partition coefficient (Wildman–Crippen LogP) is 4.38. The van der Waals surface area contributed by atoms with E-state index in [2.05, 4.69) is 37.9 Å². The average molecular weight is 283 g/mol. The first-order chi connectivity index (χ1) is 10.0. The van der Waals surface area contributed by atoms with Gasteiger partial charge in [-0.2, -0.15) is 0 Å². The van der Waals surface area contributed by atoms with E-state index in [9.17, 15) is 0 Å². The van der Waals surface area contributed by atoms with Crippen LogP contribution in [0.3, 0.4) is 0 Å². The Hall–Kier alpha value is -2.29. The number of nitrogens with zero attached hydrogens (tertiary/aromatic N) is 1. The topological polar surface area (TPSA) is 30.8 Å². The van der Waals surface area contributed by atoms with Gasteiger partial charge in [0.15, 0.2) is 0 Å². The molecule has 0 aliphatic carbocycles. The molecule has 110 valence electrons. The summed E-state index contributed by atoms with van der Waals surface area (Å²) in [4.78, 5) is 4.64. The van der Waals surface area contributed by atoms with Crippen molar-refractivity contribution in [1.29, 1.82) is 0 Å². The minimum atomic E-state index is 0.780.